The van der Waals surface area contributed by atoms with Crippen LogP contribution in [0.3, 0.4) is 0 Å². The molecule has 0 bridgehead atoms. The van der Waals surface area contributed by atoms with E-state index in [9.17, 15) is 5.11 Å². The number of rotatable bonds is 4. The fraction of sp³-hybridized carbons (Fsp3) is 0.333. The molecular formula is C18H22O. The smallest absolute Gasteiger partial charge is 0.0961 e. The molecule has 0 saturated heterocycles. The molecule has 1 heteroatoms. The molecule has 1 nitrogen and oxygen atoms in total. The van der Waals surface area contributed by atoms with Crippen LogP contribution < -0.4 is 0 Å². The molecule has 0 aliphatic carbocycles. The Kier molecular flexibility index (Phi) is 3.77. The number of benzene rings is 2. The highest BCUT2D eigenvalue weighted by Crippen LogP contribution is 2.44. The van der Waals surface area contributed by atoms with Crippen LogP contribution in [0.2, 0.25) is 0 Å². The van der Waals surface area contributed by atoms with Crippen molar-refractivity contribution in [3.05, 3.63) is 71.8 Å². The van der Waals surface area contributed by atoms with Crippen LogP contribution in [0.15, 0.2) is 60.7 Å². The van der Waals surface area contributed by atoms with Gasteiger partial charge in [-0.15, -0.1) is 0 Å². The molecule has 0 spiro atoms. The third-order valence-electron chi connectivity index (χ3n) is 4.53. The lowest BCUT2D eigenvalue weighted by Gasteiger charge is -2.43. The van der Waals surface area contributed by atoms with Crippen molar-refractivity contribution in [2.45, 2.75) is 38.2 Å². The largest absolute Gasteiger partial charge is 0.385 e. The van der Waals surface area contributed by atoms with E-state index in [0.717, 1.165) is 12.0 Å². The van der Waals surface area contributed by atoms with E-state index in [1.165, 1.54) is 5.56 Å². The Hall–Kier alpha value is -1.60. The minimum atomic E-state index is -0.898. The van der Waals surface area contributed by atoms with E-state index in [-0.39, 0.29) is 5.41 Å². The van der Waals surface area contributed by atoms with Gasteiger partial charge in [0.05, 0.1) is 5.60 Å². The topological polar surface area (TPSA) is 20.2 Å². The van der Waals surface area contributed by atoms with Gasteiger partial charge in [-0.2, -0.15) is 0 Å². The molecule has 0 aromatic heterocycles. The molecule has 19 heavy (non-hydrogen) atoms. The second-order valence-corrected chi connectivity index (χ2v) is 5.49. The van der Waals surface area contributed by atoms with Crippen LogP contribution in [0, 0.1) is 0 Å². The van der Waals surface area contributed by atoms with Gasteiger partial charge in [0.15, 0.2) is 0 Å². The molecule has 2 aromatic rings. The van der Waals surface area contributed by atoms with Gasteiger partial charge in [-0.25, -0.2) is 0 Å². The van der Waals surface area contributed by atoms with E-state index in [4.69, 9.17) is 0 Å². The fourth-order valence-electron chi connectivity index (χ4n) is 2.72. The lowest BCUT2D eigenvalue weighted by atomic mass is 9.65. The summed E-state index contributed by atoms with van der Waals surface area (Å²) in [5.41, 5.74) is 0.925. The van der Waals surface area contributed by atoms with Crippen molar-refractivity contribution in [3.63, 3.8) is 0 Å². The van der Waals surface area contributed by atoms with Gasteiger partial charge in [0.25, 0.3) is 0 Å². The van der Waals surface area contributed by atoms with Crippen molar-refractivity contribution >= 4 is 0 Å². The van der Waals surface area contributed by atoms with Crippen LogP contribution in [0.25, 0.3) is 0 Å². The van der Waals surface area contributed by atoms with Crippen LogP contribution in [0.1, 0.15) is 38.3 Å². The maximum Gasteiger partial charge on any atom is 0.0961 e. The zero-order chi connectivity index (χ0) is 13.9. The van der Waals surface area contributed by atoms with Gasteiger partial charge >= 0.3 is 0 Å². The van der Waals surface area contributed by atoms with Crippen molar-refractivity contribution in [1.29, 1.82) is 0 Å². The van der Waals surface area contributed by atoms with Crippen molar-refractivity contribution in [2.75, 3.05) is 0 Å². The minimum absolute atomic E-state index is 0.310. The Morgan fingerprint density at radius 1 is 0.789 bits per heavy atom. The number of hydrogen-bond donors (Lipinski definition) is 1. The van der Waals surface area contributed by atoms with Crippen LogP contribution in [-0.4, -0.2) is 5.11 Å². The highest BCUT2D eigenvalue weighted by molar-refractivity contribution is 5.34. The van der Waals surface area contributed by atoms with E-state index in [1.807, 2.05) is 55.5 Å². The quantitative estimate of drug-likeness (QED) is 0.864. The minimum Gasteiger partial charge on any atom is -0.385 e. The normalized spacial score (nSPS) is 17.5. The molecule has 0 heterocycles. The lowest BCUT2D eigenvalue weighted by molar-refractivity contribution is -0.0241. The first-order valence-corrected chi connectivity index (χ1v) is 6.86. The van der Waals surface area contributed by atoms with Crippen molar-refractivity contribution in [1.82, 2.24) is 0 Å². The molecule has 2 aromatic carbocycles. The molecule has 0 amide bonds. The second kappa shape index (κ2) is 5.18. The third kappa shape index (κ3) is 2.31. The van der Waals surface area contributed by atoms with Gasteiger partial charge in [0, 0.05) is 5.41 Å². The predicted molar refractivity (Wildman–Crippen MR) is 80.1 cm³/mol. The highest BCUT2D eigenvalue weighted by Gasteiger charge is 2.44. The molecule has 0 aliphatic rings. The van der Waals surface area contributed by atoms with Crippen LogP contribution in [-0.2, 0) is 11.0 Å². The standard InChI is InChI=1S/C18H22O/c1-4-17(2,15-11-7-5-8-12-15)18(3,19)16-13-9-6-10-14-16/h5-14,19H,4H2,1-3H3/t17-,18-/m1/s1. The van der Waals surface area contributed by atoms with E-state index >= 15 is 0 Å². The summed E-state index contributed by atoms with van der Waals surface area (Å²) in [7, 11) is 0. The zero-order valence-electron chi connectivity index (χ0n) is 11.9. The summed E-state index contributed by atoms with van der Waals surface area (Å²) in [6, 6.07) is 20.2. The van der Waals surface area contributed by atoms with E-state index in [1.54, 1.807) is 0 Å². The Labute approximate surface area is 115 Å². The first-order chi connectivity index (χ1) is 9.02. The van der Waals surface area contributed by atoms with Gasteiger partial charge in [-0.3, -0.25) is 0 Å². The summed E-state index contributed by atoms with van der Waals surface area (Å²) in [6.45, 7) is 6.18. The van der Waals surface area contributed by atoms with Crippen LogP contribution in [0.4, 0.5) is 0 Å². The molecule has 100 valence electrons. The summed E-state index contributed by atoms with van der Waals surface area (Å²) in [5, 5.41) is 11.2. The van der Waals surface area contributed by atoms with Gasteiger partial charge in [0.1, 0.15) is 0 Å². The maximum atomic E-state index is 11.2. The van der Waals surface area contributed by atoms with Crippen molar-refractivity contribution in [3.8, 4) is 0 Å². The SMILES string of the molecule is CC[C@](C)(c1ccccc1)[C@](C)(O)c1ccccc1. The van der Waals surface area contributed by atoms with Gasteiger partial charge in [-0.05, 0) is 24.5 Å². The number of hydrogen-bond acceptors (Lipinski definition) is 1. The van der Waals surface area contributed by atoms with Gasteiger partial charge < -0.3 is 5.11 Å². The monoisotopic (exact) mass is 254 g/mol. The molecule has 0 radical (unpaired) electrons. The molecule has 0 saturated carbocycles. The Bertz CT molecular complexity index is 516. The summed E-state index contributed by atoms with van der Waals surface area (Å²) in [4.78, 5) is 0. The Morgan fingerprint density at radius 2 is 1.21 bits per heavy atom. The van der Waals surface area contributed by atoms with Gasteiger partial charge in [0.2, 0.25) is 0 Å². The molecule has 1 N–H and O–H groups in total. The summed E-state index contributed by atoms with van der Waals surface area (Å²) in [6.07, 6.45) is 0.874. The van der Waals surface area contributed by atoms with Crippen LogP contribution >= 0.6 is 0 Å². The van der Waals surface area contributed by atoms with E-state index < -0.39 is 5.60 Å². The molecule has 0 aliphatic heterocycles. The summed E-state index contributed by atoms with van der Waals surface area (Å²) in [5.74, 6) is 0. The second-order valence-electron chi connectivity index (χ2n) is 5.49. The maximum absolute atomic E-state index is 11.2. The molecule has 2 atom stereocenters. The summed E-state index contributed by atoms with van der Waals surface area (Å²) < 4.78 is 0. The Balaban J connectivity index is 2.52. The average Bonchev–Trinajstić information content (AvgIpc) is 2.48. The first-order valence-electron chi connectivity index (χ1n) is 6.86. The van der Waals surface area contributed by atoms with Crippen molar-refractivity contribution < 1.29 is 5.11 Å². The highest BCUT2D eigenvalue weighted by atomic mass is 16.3. The van der Waals surface area contributed by atoms with E-state index in [2.05, 4.69) is 26.0 Å². The van der Waals surface area contributed by atoms with Crippen LogP contribution in [0.5, 0.6) is 0 Å². The fourth-order valence-corrected chi connectivity index (χ4v) is 2.72. The lowest BCUT2D eigenvalue weighted by Crippen LogP contribution is -2.44. The molecule has 0 unspecified atom stereocenters. The van der Waals surface area contributed by atoms with Gasteiger partial charge in [-0.1, -0.05) is 74.5 Å². The number of aliphatic hydroxyl groups is 1. The first kappa shape index (κ1) is 13.8. The summed E-state index contributed by atoms with van der Waals surface area (Å²) >= 11 is 0. The zero-order valence-corrected chi connectivity index (χ0v) is 11.9. The average molecular weight is 254 g/mol. The van der Waals surface area contributed by atoms with Crippen molar-refractivity contribution in [2.24, 2.45) is 0 Å². The third-order valence-corrected chi connectivity index (χ3v) is 4.53. The van der Waals surface area contributed by atoms with E-state index in [0.29, 0.717) is 0 Å². The molecule has 0 fully saturated rings. The predicted octanol–water partition coefficient (Wildman–Crippen LogP) is 4.26. The molecule has 2 rings (SSSR count). The molecular weight excluding hydrogens is 232 g/mol. The Morgan fingerprint density at radius 3 is 1.63 bits per heavy atom.